The first-order chi connectivity index (χ1) is 10.4. The second-order valence-electron chi connectivity index (χ2n) is 5.14. The van der Waals surface area contributed by atoms with Crippen LogP contribution in [0.2, 0.25) is 0 Å². The van der Waals surface area contributed by atoms with Crippen LogP contribution in [0.3, 0.4) is 0 Å². The summed E-state index contributed by atoms with van der Waals surface area (Å²) in [6.07, 6.45) is 0. The normalized spacial score (nSPS) is 10.9. The second-order valence-corrected chi connectivity index (χ2v) is 5.14. The van der Waals surface area contributed by atoms with E-state index < -0.39 is 0 Å². The molecule has 0 saturated heterocycles. The summed E-state index contributed by atoms with van der Waals surface area (Å²) in [5.41, 5.74) is 2.01. The molecule has 0 amide bonds. The van der Waals surface area contributed by atoms with Gasteiger partial charge in [0.05, 0.1) is 11.4 Å². The summed E-state index contributed by atoms with van der Waals surface area (Å²) in [6.45, 7) is 0. The summed E-state index contributed by atoms with van der Waals surface area (Å²) >= 11 is 0. The van der Waals surface area contributed by atoms with E-state index >= 15 is 0 Å². The lowest BCUT2D eigenvalue weighted by molar-refractivity contribution is 1.21. The Morgan fingerprint density at radius 2 is 1.24 bits per heavy atom. The van der Waals surface area contributed by atoms with Crippen LogP contribution in [0, 0.1) is 0 Å². The van der Waals surface area contributed by atoms with Gasteiger partial charge in [0, 0.05) is 5.39 Å². The van der Waals surface area contributed by atoms with Crippen LogP contribution in [0.15, 0.2) is 84.9 Å². The Kier molecular flexibility index (Phi) is 2.82. The Balaban J connectivity index is 1.79. The molecule has 4 aromatic carbocycles. The van der Waals surface area contributed by atoms with Gasteiger partial charge in [-0.15, -0.1) is 0 Å². The molecule has 0 aliphatic carbocycles. The van der Waals surface area contributed by atoms with Crippen molar-refractivity contribution in [3.8, 4) is 0 Å². The topological polar surface area (TPSA) is 14.1 Å². The predicted molar refractivity (Wildman–Crippen MR) is 89.4 cm³/mol. The molecule has 0 aliphatic rings. The molecular formula is C20H14N. The fourth-order valence-corrected chi connectivity index (χ4v) is 2.69. The van der Waals surface area contributed by atoms with Crippen molar-refractivity contribution in [2.45, 2.75) is 0 Å². The zero-order chi connectivity index (χ0) is 14.1. The van der Waals surface area contributed by atoms with Gasteiger partial charge in [-0.2, -0.15) is 0 Å². The molecular weight excluding hydrogens is 254 g/mol. The molecule has 0 bridgehead atoms. The van der Waals surface area contributed by atoms with Crippen LogP contribution in [-0.2, 0) is 0 Å². The van der Waals surface area contributed by atoms with Crippen LogP contribution in [0.5, 0.6) is 0 Å². The number of nitrogens with zero attached hydrogens (tertiary/aromatic N) is 1. The van der Waals surface area contributed by atoms with E-state index in [1.807, 2.05) is 0 Å². The van der Waals surface area contributed by atoms with Crippen molar-refractivity contribution in [1.82, 2.24) is 5.32 Å². The lowest BCUT2D eigenvalue weighted by Crippen LogP contribution is -1.90. The monoisotopic (exact) mass is 268 g/mol. The summed E-state index contributed by atoms with van der Waals surface area (Å²) in [7, 11) is 0. The van der Waals surface area contributed by atoms with Crippen LogP contribution in [-0.4, -0.2) is 0 Å². The van der Waals surface area contributed by atoms with E-state index in [1.54, 1.807) is 0 Å². The maximum absolute atomic E-state index is 4.82. The number of fused-ring (bicyclic) bond motifs is 2. The van der Waals surface area contributed by atoms with Crippen molar-refractivity contribution in [2.75, 3.05) is 0 Å². The van der Waals surface area contributed by atoms with Gasteiger partial charge >= 0.3 is 0 Å². The third-order valence-corrected chi connectivity index (χ3v) is 3.75. The molecule has 1 nitrogen and oxygen atoms in total. The van der Waals surface area contributed by atoms with Gasteiger partial charge in [-0.25, -0.2) is 5.32 Å². The van der Waals surface area contributed by atoms with E-state index in [-0.39, 0.29) is 0 Å². The molecule has 0 atom stereocenters. The van der Waals surface area contributed by atoms with Crippen LogP contribution in [0.1, 0.15) is 0 Å². The minimum absolute atomic E-state index is 0.991. The SMILES string of the molecule is c1ccc2cc([N]c3cccc4ccccc34)ccc2c1. The maximum atomic E-state index is 4.82. The average molecular weight is 268 g/mol. The fourth-order valence-electron chi connectivity index (χ4n) is 2.69. The highest BCUT2D eigenvalue weighted by Crippen LogP contribution is 2.28. The molecule has 0 saturated carbocycles. The Bertz CT molecular complexity index is 919. The van der Waals surface area contributed by atoms with Crippen LogP contribution >= 0.6 is 0 Å². The van der Waals surface area contributed by atoms with E-state index in [2.05, 4.69) is 84.9 Å². The molecule has 4 aromatic rings. The van der Waals surface area contributed by atoms with Gasteiger partial charge in [0.2, 0.25) is 0 Å². The van der Waals surface area contributed by atoms with Crippen LogP contribution in [0.25, 0.3) is 21.5 Å². The summed E-state index contributed by atoms with van der Waals surface area (Å²) in [6, 6.07) is 29.3. The number of rotatable bonds is 2. The average Bonchev–Trinajstić information content (AvgIpc) is 2.55. The van der Waals surface area contributed by atoms with Gasteiger partial charge in [0.25, 0.3) is 0 Å². The molecule has 21 heavy (non-hydrogen) atoms. The summed E-state index contributed by atoms with van der Waals surface area (Å²) in [5, 5.41) is 9.70. The van der Waals surface area contributed by atoms with E-state index in [0.29, 0.717) is 0 Å². The molecule has 1 radical (unpaired) electrons. The first-order valence-electron chi connectivity index (χ1n) is 7.08. The van der Waals surface area contributed by atoms with Crippen molar-refractivity contribution in [1.29, 1.82) is 0 Å². The smallest absolute Gasteiger partial charge is 0.0715 e. The highest BCUT2D eigenvalue weighted by Gasteiger charge is 2.03. The first-order valence-corrected chi connectivity index (χ1v) is 7.08. The Labute approximate surface area is 123 Å². The third kappa shape index (κ3) is 2.23. The predicted octanol–water partition coefficient (Wildman–Crippen LogP) is 5.56. The molecule has 4 rings (SSSR count). The van der Waals surface area contributed by atoms with Crippen LogP contribution in [0.4, 0.5) is 11.4 Å². The van der Waals surface area contributed by atoms with Gasteiger partial charge in [-0.1, -0.05) is 66.7 Å². The van der Waals surface area contributed by atoms with Gasteiger partial charge in [-0.3, -0.25) is 0 Å². The van der Waals surface area contributed by atoms with Gasteiger partial charge in [-0.05, 0) is 34.4 Å². The second kappa shape index (κ2) is 4.95. The molecule has 0 heterocycles. The quantitative estimate of drug-likeness (QED) is 0.452. The van der Waals surface area contributed by atoms with Gasteiger partial charge in [0.1, 0.15) is 0 Å². The standard InChI is InChI=1S/C20H14N/c1-2-8-17-14-18(13-12-15(17)6-1)21-20-11-5-9-16-7-3-4-10-19(16)20/h1-14H. The molecule has 0 unspecified atom stereocenters. The largest absolute Gasteiger partial charge is 0.248 e. The van der Waals surface area contributed by atoms with Gasteiger partial charge < -0.3 is 0 Å². The summed E-state index contributed by atoms with van der Waals surface area (Å²) < 4.78 is 0. The minimum atomic E-state index is 0.991. The molecule has 0 aliphatic heterocycles. The van der Waals surface area contributed by atoms with Crippen molar-refractivity contribution in [3.63, 3.8) is 0 Å². The number of hydrogen-bond donors (Lipinski definition) is 0. The first kappa shape index (κ1) is 12.0. The fraction of sp³-hybridized carbons (Fsp3) is 0. The Hall–Kier alpha value is -2.80. The number of benzene rings is 4. The molecule has 99 valence electrons. The zero-order valence-corrected chi connectivity index (χ0v) is 11.5. The van der Waals surface area contributed by atoms with Gasteiger partial charge in [0.15, 0.2) is 0 Å². The third-order valence-electron chi connectivity index (χ3n) is 3.75. The highest BCUT2D eigenvalue weighted by molar-refractivity contribution is 5.93. The number of hydrogen-bond acceptors (Lipinski definition) is 0. The lowest BCUT2D eigenvalue weighted by Gasteiger charge is -2.08. The minimum Gasteiger partial charge on any atom is -0.248 e. The Morgan fingerprint density at radius 1 is 0.524 bits per heavy atom. The lowest BCUT2D eigenvalue weighted by atomic mass is 10.1. The zero-order valence-electron chi connectivity index (χ0n) is 11.5. The van der Waals surface area contributed by atoms with Crippen molar-refractivity contribution in [2.24, 2.45) is 0 Å². The van der Waals surface area contributed by atoms with E-state index in [0.717, 1.165) is 11.4 Å². The van der Waals surface area contributed by atoms with Crippen molar-refractivity contribution in [3.05, 3.63) is 84.9 Å². The van der Waals surface area contributed by atoms with E-state index in [4.69, 9.17) is 5.32 Å². The summed E-state index contributed by atoms with van der Waals surface area (Å²) in [4.78, 5) is 0. The van der Waals surface area contributed by atoms with Crippen molar-refractivity contribution >= 4 is 32.9 Å². The molecule has 0 N–H and O–H groups in total. The molecule has 0 aromatic heterocycles. The molecule has 1 heteroatoms. The van der Waals surface area contributed by atoms with E-state index in [1.165, 1.54) is 21.5 Å². The summed E-state index contributed by atoms with van der Waals surface area (Å²) in [5.74, 6) is 0. The van der Waals surface area contributed by atoms with Crippen molar-refractivity contribution < 1.29 is 0 Å². The molecule has 0 spiro atoms. The highest BCUT2D eigenvalue weighted by atomic mass is 14.9. The Morgan fingerprint density at radius 3 is 2.14 bits per heavy atom. The van der Waals surface area contributed by atoms with Crippen LogP contribution < -0.4 is 5.32 Å². The molecule has 0 fully saturated rings. The van der Waals surface area contributed by atoms with E-state index in [9.17, 15) is 0 Å². The maximum Gasteiger partial charge on any atom is 0.0715 e.